The summed E-state index contributed by atoms with van der Waals surface area (Å²) in [6, 6.07) is 5.18. The minimum Gasteiger partial charge on any atom is -0.370 e. The Morgan fingerprint density at radius 2 is 2.20 bits per heavy atom. The molecule has 5 heteroatoms. The van der Waals surface area contributed by atoms with E-state index in [1.54, 1.807) is 6.07 Å². The minimum absolute atomic E-state index is 0.0419. The summed E-state index contributed by atoms with van der Waals surface area (Å²) in [4.78, 5) is 6.57. The number of hydrogen-bond donors (Lipinski definition) is 1. The van der Waals surface area contributed by atoms with Crippen LogP contribution in [0.15, 0.2) is 23.2 Å². The monoisotopic (exact) mass is 295 g/mol. The fourth-order valence-corrected chi connectivity index (χ4v) is 2.94. The van der Waals surface area contributed by atoms with Crippen LogP contribution in [-0.2, 0) is 5.41 Å². The molecule has 0 amide bonds. The van der Waals surface area contributed by atoms with E-state index in [0.29, 0.717) is 23.6 Å². The summed E-state index contributed by atoms with van der Waals surface area (Å²) in [6.07, 6.45) is 4.45. The van der Waals surface area contributed by atoms with Crippen LogP contribution >= 0.6 is 11.6 Å². The Labute approximate surface area is 123 Å². The van der Waals surface area contributed by atoms with Crippen LogP contribution in [0, 0.1) is 5.82 Å². The van der Waals surface area contributed by atoms with Gasteiger partial charge in [-0.15, -0.1) is 0 Å². The normalized spacial score (nSPS) is 20.9. The maximum absolute atomic E-state index is 13.1. The average Bonchev–Trinajstić information content (AvgIpc) is 3.28. The Balaban J connectivity index is 1.74. The molecule has 0 aliphatic heterocycles. The third-order valence-electron chi connectivity index (χ3n) is 4.36. The van der Waals surface area contributed by atoms with Crippen LogP contribution in [0.4, 0.5) is 4.39 Å². The van der Waals surface area contributed by atoms with Gasteiger partial charge in [-0.2, -0.15) is 0 Å². The maximum Gasteiger partial charge on any atom is 0.191 e. The first-order valence-corrected chi connectivity index (χ1v) is 7.38. The Hall–Kier alpha value is -1.29. The molecule has 2 saturated carbocycles. The number of aliphatic imine (C=N–C) groups is 1. The summed E-state index contributed by atoms with van der Waals surface area (Å²) < 4.78 is 13.1. The average molecular weight is 296 g/mol. The number of nitrogens with two attached hydrogens (primary N) is 1. The predicted octanol–water partition coefficient (Wildman–Crippen LogP) is 2.92. The molecule has 20 heavy (non-hydrogen) atoms. The number of halogens is 2. The zero-order chi connectivity index (χ0) is 14.3. The smallest absolute Gasteiger partial charge is 0.191 e. The van der Waals surface area contributed by atoms with Crippen LogP contribution < -0.4 is 5.73 Å². The van der Waals surface area contributed by atoms with Crippen LogP contribution in [0.1, 0.15) is 31.2 Å². The summed E-state index contributed by atoms with van der Waals surface area (Å²) in [5.41, 5.74) is 6.97. The molecule has 2 N–H and O–H groups in total. The van der Waals surface area contributed by atoms with Crippen molar-refractivity contribution in [3.05, 3.63) is 34.6 Å². The first kappa shape index (κ1) is 13.7. The van der Waals surface area contributed by atoms with Gasteiger partial charge in [-0.3, -0.25) is 4.99 Å². The molecule has 0 atom stereocenters. The largest absolute Gasteiger partial charge is 0.370 e. The van der Waals surface area contributed by atoms with Gasteiger partial charge < -0.3 is 10.6 Å². The molecule has 3 nitrogen and oxygen atoms in total. The van der Waals surface area contributed by atoms with Crippen molar-refractivity contribution in [2.45, 2.75) is 37.1 Å². The molecule has 3 rings (SSSR count). The highest BCUT2D eigenvalue weighted by Crippen LogP contribution is 2.50. The van der Waals surface area contributed by atoms with Gasteiger partial charge in [0.15, 0.2) is 5.96 Å². The number of rotatable bonds is 4. The van der Waals surface area contributed by atoms with Gasteiger partial charge in [-0.25, -0.2) is 4.39 Å². The number of nitrogens with zero attached hydrogens (tertiary/aromatic N) is 2. The third-order valence-corrected chi connectivity index (χ3v) is 4.67. The second-order valence-corrected chi connectivity index (χ2v) is 6.33. The standard InChI is InChI=1S/C15H19ClFN3/c1-20(11-3-4-11)14(18)19-9-15(6-7-15)12-5-2-10(17)8-13(12)16/h2,5,8,11H,3-4,6-7,9H2,1H3,(H2,18,19). The molecule has 0 unspecified atom stereocenters. The Morgan fingerprint density at radius 1 is 1.50 bits per heavy atom. The fourth-order valence-electron chi connectivity index (χ4n) is 2.58. The zero-order valence-electron chi connectivity index (χ0n) is 11.6. The van der Waals surface area contributed by atoms with E-state index in [1.807, 2.05) is 11.9 Å². The summed E-state index contributed by atoms with van der Waals surface area (Å²) >= 11 is 6.16. The van der Waals surface area contributed by atoms with Crippen LogP contribution in [-0.4, -0.2) is 30.5 Å². The van der Waals surface area contributed by atoms with Gasteiger partial charge in [0.2, 0.25) is 0 Å². The summed E-state index contributed by atoms with van der Waals surface area (Å²) in [6.45, 7) is 0.626. The van der Waals surface area contributed by atoms with Crippen molar-refractivity contribution in [2.24, 2.45) is 10.7 Å². The Morgan fingerprint density at radius 3 is 2.75 bits per heavy atom. The molecule has 2 fully saturated rings. The molecule has 0 spiro atoms. The van der Waals surface area contributed by atoms with Crippen molar-refractivity contribution >= 4 is 17.6 Å². The molecule has 0 bridgehead atoms. The lowest BCUT2D eigenvalue weighted by molar-refractivity contribution is 0.485. The second-order valence-electron chi connectivity index (χ2n) is 5.92. The second kappa shape index (κ2) is 4.92. The lowest BCUT2D eigenvalue weighted by Gasteiger charge is -2.19. The highest BCUT2D eigenvalue weighted by molar-refractivity contribution is 6.31. The van der Waals surface area contributed by atoms with Gasteiger partial charge in [0.1, 0.15) is 5.82 Å². The molecule has 1 aromatic carbocycles. The molecule has 1 aromatic rings. The molecule has 0 saturated heterocycles. The van der Waals surface area contributed by atoms with Crippen molar-refractivity contribution in [1.82, 2.24) is 4.90 Å². The highest BCUT2D eigenvalue weighted by Gasteiger charge is 2.45. The van der Waals surface area contributed by atoms with Gasteiger partial charge in [-0.1, -0.05) is 17.7 Å². The number of guanidine groups is 1. The number of hydrogen-bond acceptors (Lipinski definition) is 1. The predicted molar refractivity (Wildman–Crippen MR) is 79.6 cm³/mol. The van der Waals surface area contributed by atoms with E-state index in [-0.39, 0.29) is 11.2 Å². The number of benzene rings is 1. The molecule has 108 valence electrons. The summed E-state index contributed by atoms with van der Waals surface area (Å²) in [7, 11) is 1.99. The summed E-state index contributed by atoms with van der Waals surface area (Å²) in [5, 5.41) is 0.492. The van der Waals surface area contributed by atoms with Crippen molar-refractivity contribution in [1.29, 1.82) is 0 Å². The lowest BCUT2D eigenvalue weighted by atomic mass is 9.96. The van der Waals surface area contributed by atoms with Crippen LogP contribution in [0.5, 0.6) is 0 Å². The minimum atomic E-state index is -0.300. The van der Waals surface area contributed by atoms with Crippen molar-refractivity contribution in [3.63, 3.8) is 0 Å². The van der Waals surface area contributed by atoms with E-state index in [9.17, 15) is 4.39 Å². The van der Waals surface area contributed by atoms with Gasteiger partial charge in [0, 0.05) is 23.5 Å². The Kier molecular flexibility index (Phi) is 3.36. The van der Waals surface area contributed by atoms with Crippen molar-refractivity contribution in [3.8, 4) is 0 Å². The zero-order valence-corrected chi connectivity index (χ0v) is 12.3. The first-order valence-electron chi connectivity index (χ1n) is 7.00. The van der Waals surface area contributed by atoms with Gasteiger partial charge in [-0.05, 0) is 43.4 Å². The molecular formula is C15H19ClFN3. The van der Waals surface area contributed by atoms with E-state index in [1.165, 1.54) is 25.0 Å². The molecule has 2 aliphatic rings. The summed E-state index contributed by atoms with van der Waals surface area (Å²) in [5.74, 6) is 0.294. The first-order chi connectivity index (χ1) is 9.52. The van der Waals surface area contributed by atoms with Crippen molar-refractivity contribution < 1.29 is 4.39 Å². The molecular weight excluding hydrogens is 277 g/mol. The SMILES string of the molecule is CN(C(N)=NCC1(c2ccc(F)cc2Cl)CC1)C1CC1. The quantitative estimate of drug-likeness (QED) is 0.685. The van der Waals surface area contributed by atoms with E-state index in [4.69, 9.17) is 17.3 Å². The molecule has 0 radical (unpaired) electrons. The maximum atomic E-state index is 13.1. The fraction of sp³-hybridized carbons (Fsp3) is 0.533. The molecule has 0 heterocycles. The molecule has 0 aromatic heterocycles. The van der Waals surface area contributed by atoms with Gasteiger partial charge in [0.05, 0.1) is 6.54 Å². The van der Waals surface area contributed by atoms with E-state index >= 15 is 0 Å². The van der Waals surface area contributed by atoms with Crippen LogP contribution in [0.2, 0.25) is 5.02 Å². The molecule has 2 aliphatic carbocycles. The highest BCUT2D eigenvalue weighted by atomic mass is 35.5. The lowest BCUT2D eigenvalue weighted by Crippen LogP contribution is -2.36. The van der Waals surface area contributed by atoms with E-state index in [0.717, 1.165) is 18.4 Å². The van der Waals surface area contributed by atoms with Crippen LogP contribution in [0.25, 0.3) is 0 Å². The van der Waals surface area contributed by atoms with Crippen LogP contribution in [0.3, 0.4) is 0 Å². The topological polar surface area (TPSA) is 41.6 Å². The van der Waals surface area contributed by atoms with Crippen molar-refractivity contribution in [2.75, 3.05) is 13.6 Å². The van der Waals surface area contributed by atoms with Gasteiger partial charge in [0.25, 0.3) is 0 Å². The third kappa shape index (κ3) is 2.62. The van der Waals surface area contributed by atoms with Gasteiger partial charge >= 0.3 is 0 Å². The van der Waals surface area contributed by atoms with E-state index in [2.05, 4.69) is 4.99 Å². The Bertz CT molecular complexity index is 550. The van der Waals surface area contributed by atoms with E-state index < -0.39 is 0 Å².